The lowest BCUT2D eigenvalue weighted by Crippen LogP contribution is -2.45. The molecule has 0 bridgehead atoms. The Morgan fingerprint density at radius 3 is 2.60 bits per heavy atom. The van der Waals surface area contributed by atoms with Gasteiger partial charge in [-0.2, -0.15) is 0 Å². The summed E-state index contributed by atoms with van der Waals surface area (Å²) in [4.78, 5) is 32.6. The number of fused-ring (bicyclic) bond motifs is 3. The van der Waals surface area contributed by atoms with Crippen LogP contribution >= 0.6 is 0 Å². The Labute approximate surface area is 253 Å². The second-order valence-electron chi connectivity index (χ2n) is 13.4. The number of esters is 1. The molecule has 2 fully saturated rings. The average Bonchev–Trinajstić information content (AvgIpc) is 3.14. The maximum absolute atomic E-state index is 14.1. The minimum absolute atomic E-state index is 0.0245. The summed E-state index contributed by atoms with van der Waals surface area (Å²) in [5, 5.41) is 0. The van der Waals surface area contributed by atoms with E-state index in [-0.39, 0.29) is 54.9 Å². The first kappa shape index (κ1) is 31.3. The van der Waals surface area contributed by atoms with Crippen molar-refractivity contribution in [2.24, 2.45) is 0 Å². The summed E-state index contributed by atoms with van der Waals surface area (Å²) >= 11 is 0. The standard InChI is InChI=1S/C34H43FN2O6/c1-20(2)31-26(14-13-24-16-25(42-34(6,7)41-24)17-29(39)43-33(3,4)5)30(21-8-10-22(35)11-9-21)27-19-40-18-23-12-15-28(38)37(23)32(27)36-31/h8-11,13-14,20,23-25H,12,15-19H2,1-7H3/t23-,24-,25-/m1/s1. The Kier molecular flexibility index (Phi) is 8.80. The molecule has 232 valence electrons. The molecule has 1 aromatic carbocycles. The summed E-state index contributed by atoms with van der Waals surface area (Å²) in [6.07, 6.45) is 5.03. The number of hydrogen-bond acceptors (Lipinski definition) is 7. The molecule has 0 unspecified atom stereocenters. The Bertz CT molecular complexity index is 1400. The second-order valence-corrected chi connectivity index (χ2v) is 13.4. The monoisotopic (exact) mass is 594 g/mol. The molecular weight excluding hydrogens is 551 g/mol. The molecule has 2 aromatic rings. The molecule has 0 radical (unpaired) electrons. The van der Waals surface area contributed by atoms with E-state index in [9.17, 15) is 14.0 Å². The quantitative estimate of drug-likeness (QED) is 0.344. The van der Waals surface area contributed by atoms with Gasteiger partial charge in [0.15, 0.2) is 5.79 Å². The van der Waals surface area contributed by atoms with Crippen LogP contribution < -0.4 is 4.90 Å². The van der Waals surface area contributed by atoms with E-state index in [0.717, 1.165) is 34.4 Å². The van der Waals surface area contributed by atoms with Crippen molar-refractivity contribution < 1.29 is 32.9 Å². The maximum atomic E-state index is 14.1. The highest BCUT2D eigenvalue weighted by Crippen LogP contribution is 2.42. The van der Waals surface area contributed by atoms with E-state index in [2.05, 4.69) is 13.8 Å². The van der Waals surface area contributed by atoms with Gasteiger partial charge in [-0.3, -0.25) is 14.5 Å². The molecule has 2 saturated heterocycles. The number of pyridine rings is 1. The number of carbonyl (C=O) groups excluding carboxylic acids is 2. The molecule has 9 heteroatoms. The van der Waals surface area contributed by atoms with Crippen molar-refractivity contribution in [1.29, 1.82) is 0 Å². The fraction of sp³-hybridized carbons (Fsp3) is 0.559. The number of benzene rings is 1. The topological polar surface area (TPSA) is 87.2 Å². The van der Waals surface area contributed by atoms with Crippen LogP contribution in [0.3, 0.4) is 0 Å². The van der Waals surface area contributed by atoms with Crippen LogP contribution in [0.15, 0.2) is 30.3 Å². The number of hydrogen-bond donors (Lipinski definition) is 0. The predicted octanol–water partition coefficient (Wildman–Crippen LogP) is 6.69. The molecule has 0 spiro atoms. The highest BCUT2D eigenvalue weighted by molar-refractivity contribution is 5.98. The van der Waals surface area contributed by atoms with Crippen LogP contribution in [0.4, 0.5) is 10.2 Å². The van der Waals surface area contributed by atoms with E-state index in [4.69, 9.17) is 23.9 Å². The van der Waals surface area contributed by atoms with Crippen LogP contribution in [-0.4, -0.2) is 53.1 Å². The number of aromatic nitrogens is 1. The molecule has 0 saturated carbocycles. The number of anilines is 1. The van der Waals surface area contributed by atoms with Crippen LogP contribution in [-0.2, 0) is 35.1 Å². The van der Waals surface area contributed by atoms with Crippen molar-refractivity contribution in [2.75, 3.05) is 11.5 Å². The van der Waals surface area contributed by atoms with Gasteiger partial charge in [0, 0.05) is 24.0 Å². The van der Waals surface area contributed by atoms with Crippen molar-refractivity contribution in [2.45, 2.75) is 116 Å². The van der Waals surface area contributed by atoms with Crippen molar-refractivity contribution in [1.82, 2.24) is 4.98 Å². The third kappa shape index (κ3) is 7.16. The first-order valence-corrected chi connectivity index (χ1v) is 15.2. The minimum atomic E-state index is -0.911. The number of ether oxygens (including phenoxy) is 4. The van der Waals surface area contributed by atoms with Crippen molar-refractivity contribution in [3.05, 3.63) is 53.0 Å². The number of carbonyl (C=O) groups is 2. The Hall–Kier alpha value is -3.14. The van der Waals surface area contributed by atoms with Gasteiger partial charge in [-0.1, -0.05) is 38.1 Å². The van der Waals surface area contributed by atoms with E-state index >= 15 is 0 Å². The van der Waals surface area contributed by atoms with Gasteiger partial charge in [-0.25, -0.2) is 9.37 Å². The lowest BCUT2D eigenvalue weighted by atomic mass is 9.89. The summed E-state index contributed by atoms with van der Waals surface area (Å²) in [5.74, 6) is -0.858. The van der Waals surface area contributed by atoms with E-state index in [1.807, 2.05) is 46.8 Å². The molecule has 3 atom stereocenters. The first-order chi connectivity index (χ1) is 20.2. The van der Waals surface area contributed by atoms with Gasteiger partial charge >= 0.3 is 5.97 Å². The Morgan fingerprint density at radius 1 is 1.21 bits per heavy atom. The van der Waals surface area contributed by atoms with E-state index in [1.54, 1.807) is 17.0 Å². The van der Waals surface area contributed by atoms with E-state index in [0.29, 0.717) is 25.3 Å². The number of amides is 1. The van der Waals surface area contributed by atoms with Crippen LogP contribution in [0, 0.1) is 5.82 Å². The highest BCUT2D eigenvalue weighted by Gasteiger charge is 2.39. The van der Waals surface area contributed by atoms with Gasteiger partial charge in [0.2, 0.25) is 5.91 Å². The molecule has 43 heavy (non-hydrogen) atoms. The van der Waals surface area contributed by atoms with Gasteiger partial charge in [-0.05, 0) is 70.2 Å². The fourth-order valence-electron chi connectivity index (χ4n) is 6.19. The summed E-state index contributed by atoms with van der Waals surface area (Å²) in [7, 11) is 0. The largest absolute Gasteiger partial charge is 0.460 e. The van der Waals surface area contributed by atoms with Crippen LogP contribution in [0.2, 0.25) is 0 Å². The zero-order valence-electron chi connectivity index (χ0n) is 26.2. The molecular formula is C34H43FN2O6. The molecule has 4 heterocycles. The lowest BCUT2D eigenvalue weighted by molar-refractivity contribution is -0.290. The number of nitrogens with zero attached hydrogens (tertiary/aromatic N) is 2. The Morgan fingerprint density at radius 2 is 1.93 bits per heavy atom. The van der Waals surface area contributed by atoms with Crippen molar-refractivity contribution in [3.63, 3.8) is 0 Å². The van der Waals surface area contributed by atoms with Crippen LogP contribution in [0.1, 0.15) is 96.9 Å². The van der Waals surface area contributed by atoms with Crippen LogP contribution in [0.5, 0.6) is 0 Å². The summed E-state index contributed by atoms with van der Waals surface area (Å²) in [6.45, 7) is 14.1. The molecule has 5 rings (SSSR count). The molecule has 0 aliphatic carbocycles. The second kappa shape index (κ2) is 12.1. The van der Waals surface area contributed by atoms with Gasteiger partial charge in [0.05, 0.1) is 43.6 Å². The zero-order chi connectivity index (χ0) is 31.1. The average molecular weight is 595 g/mol. The lowest BCUT2D eigenvalue weighted by Gasteiger charge is -2.40. The van der Waals surface area contributed by atoms with Crippen molar-refractivity contribution in [3.8, 4) is 11.1 Å². The maximum Gasteiger partial charge on any atom is 0.308 e. The van der Waals surface area contributed by atoms with Gasteiger partial charge in [-0.15, -0.1) is 0 Å². The van der Waals surface area contributed by atoms with Crippen molar-refractivity contribution >= 4 is 23.8 Å². The fourth-order valence-corrected chi connectivity index (χ4v) is 6.19. The highest BCUT2D eigenvalue weighted by atomic mass is 19.1. The SMILES string of the molecule is CC(C)c1nc2c(c(-c3ccc(F)cc3)c1C=C[C@@H]1C[C@H](CC(=O)OC(C)(C)C)OC(C)(C)O1)COC[C@H]1CCC(=O)N21. The third-order valence-corrected chi connectivity index (χ3v) is 7.81. The molecule has 0 N–H and O–H groups in total. The summed E-state index contributed by atoms with van der Waals surface area (Å²) in [5.41, 5.74) is 3.60. The first-order valence-electron chi connectivity index (χ1n) is 15.2. The van der Waals surface area contributed by atoms with Gasteiger partial charge in [0.25, 0.3) is 0 Å². The zero-order valence-corrected chi connectivity index (χ0v) is 26.2. The molecule has 8 nitrogen and oxygen atoms in total. The van der Waals surface area contributed by atoms with Gasteiger partial charge in [0.1, 0.15) is 17.2 Å². The summed E-state index contributed by atoms with van der Waals surface area (Å²) in [6, 6.07) is 6.34. The minimum Gasteiger partial charge on any atom is -0.460 e. The molecule has 3 aliphatic rings. The number of rotatable bonds is 6. The molecule has 1 amide bonds. The van der Waals surface area contributed by atoms with E-state index < -0.39 is 11.4 Å². The van der Waals surface area contributed by atoms with Gasteiger partial charge < -0.3 is 18.9 Å². The normalized spacial score (nSPS) is 23.8. The smallest absolute Gasteiger partial charge is 0.308 e. The predicted molar refractivity (Wildman–Crippen MR) is 162 cm³/mol. The Balaban J connectivity index is 1.57. The molecule has 3 aliphatic heterocycles. The van der Waals surface area contributed by atoms with Crippen LogP contribution in [0.25, 0.3) is 17.2 Å². The molecule has 1 aromatic heterocycles. The third-order valence-electron chi connectivity index (χ3n) is 7.81. The summed E-state index contributed by atoms with van der Waals surface area (Å²) < 4.78 is 38.1. The number of halogens is 1. The van der Waals surface area contributed by atoms with E-state index in [1.165, 1.54) is 12.1 Å².